The number of ether oxygens (including phenoxy) is 1. The lowest BCUT2D eigenvalue weighted by molar-refractivity contribution is -0.128. The van der Waals surface area contributed by atoms with Crippen LogP contribution in [-0.4, -0.2) is 23.3 Å². The predicted molar refractivity (Wildman–Crippen MR) is 64.7 cm³/mol. The van der Waals surface area contributed by atoms with Gasteiger partial charge >= 0.3 is 0 Å². The van der Waals surface area contributed by atoms with Crippen LogP contribution in [0.3, 0.4) is 0 Å². The van der Waals surface area contributed by atoms with Gasteiger partial charge in [0.25, 0.3) is 6.47 Å². The third-order valence-corrected chi connectivity index (χ3v) is 2.69. The molecule has 0 aliphatic rings. The van der Waals surface area contributed by atoms with Crippen molar-refractivity contribution in [3.05, 3.63) is 40.8 Å². The Morgan fingerprint density at radius 1 is 1.44 bits per heavy atom. The summed E-state index contributed by atoms with van der Waals surface area (Å²) in [4.78, 5) is 9.99. The van der Waals surface area contributed by atoms with Crippen molar-refractivity contribution in [1.29, 1.82) is 0 Å². The Kier molecular flexibility index (Phi) is 3.94. The molecule has 0 saturated heterocycles. The topological polar surface area (TPSA) is 55.0 Å². The molecule has 6 heteroatoms. The van der Waals surface area contributed by atoms with E-state index in [0.29, 0.717) is 18.6 Å². The van der Waals surface area contributed by atoms with Crippen LogP contribution in [0.25, 0.3) is 11.3 Å². The summed E-state index contributed by atoms with van der Waals surface area (Å²) in [5, 5.41) is 6.96. The third-order valence-electron chi connectivity index (χ3n) is 2.40. The van der Waals surface area contributed by atoms with Crippen LogP contribution >= 0.6 is 11.6 Å². The Hall–Kier alpha value is -1.88. The largest absolute Gasteiger partial charge is 0.467 e. The summed E-state index contributed by atoms with van der Waals surface area (Å²) in [5.74, 6) is -0.462. The van der Waals surface area contributed by atoms with E-state index in [1.807, 2.05) is 0 Å². The zero-order valence-corrected chi connectivity index (χ0v) is 10.1. The second-order valence-electron chi connectivity index (χ2n) is 3.62. The molecule has 0 aliphatic heterocycles. The fourth-order valence-electron chi connectivity index (χ4n) is 1.51. The SMILES string of the molecule is O=COCCc1cc(-c2ccc(F)c(Cl)c2)n[nH]1. The summed E-state index contributed by atoms with van der Waals surface area (Å²) >= 11 is 5.70. The van der Waals surface area contributed by atoms with E-state index in [4.69, 9.17) is 11.6 Å². The normalized spacial score (nSPS) is 10.3. The number of rotatable bonds is 5. The monoisotopic (exact) mass is 268 g/mol. The minimum Gasteiger partial charge on any atom is -0.467 e. The molecule has 2 aromatic rings. The van der Waals surface area contributed by atoms with Crippen LogP contribution in [-0.2, 0) is 16.0 Å². The van der Waals surface area contributed by atoms with Gasteiger partial charge in [0, 0.05) is 17.7 Å². The van der Waals surface area contributed by atoms with E-state index in [0.717, 1.165) is 11.3 Å². The highest BCUT2D eigenvalue weighted by atomic mass is 35.5. The molecule has 4 nitrogen and oxygen atoms in total. The molecule has 0 saturated carbocycles. The van der Waals surface area contributed by atoms with Gasteiger partial charge in [0.05, 0.1) is 17.3 Å². The lowest BCUT2D eigenvalue weighted by atomic mass is 10.1. The number of nitrogens with one attached hydrogen (secondary N) is 1. The molecular formula is C12H10ClFN2O2. The minimum absolute atomic E-state index is 0.0568. The highest BCUT2D eigenvalue weighted by Gasteiger charge is 2.07. The maximum absolute atomic E-state index is 13.0. The fraction of sp³-hybridized carbons (Fsp3) is 0.167. The molecule has 18 heavy (non-hydrogen) atoms. The van der Waals surface area contributed by atoms with Gasteiger partial charge in [-0.1, -0.05) is 11.6 Å². The van der Waals surface area contributed by atoms with Gasteiger partial charge in [0.2, 0.25) is 0 Å². The second kappa shape index (κ2) is 5.64. The smallest absolute Gasteiger partial charge is 0.293 e. The maximum Gasteiger partial charge on any atom is 0.293 e. The summed E-state index contributed by atoms with van der Waals surface area (Å²) in [7, 11) is 0. The summed E-state index contributed by atoms with van der Waals surface area (Å²) in [6.07, 6.45) is 0.542. The molecule has 94 valence electrons. The van der Waals surface area contributed by atoms with E-state index >= 15 is 0 Å². The molecule has 1 aromatic heterocycles. The molecule has 0 atom stereocenters. The number of nitrogens with zero attached hydrogens (tertiary/aromatic N) is 1. The Balaban J connectivity index is 2.13. The Bertz CT molecular complexity index is 557. The molecule has 1 aromatic carbocycles. The van der Waals surface area contributed by atoms with Gasteiger partial charge in [0.1, 0.15) is 5.82 Å². The van der Waals surface area contributed by atoms with E-state index in [9.17, 15) is 9.18 Å². The first kappa shape index (κ1) is 12.6. The first-order valence-corrected chi connectivity index (χ1v) is 5.63. The Morgan fingerprint density at radius 3 is 3.00 bits per heavy atom. The number of hydrogen-bond donors (Lipinski definition) is 1. The van der Waals surface area contributed by atoms with Crippen molar-refractivity contribution in [2.75, 3.05) is 6.61 Å². The molecule has 0 unspecified atom stereocenters. The molecule has 0 spiro atoms. The molecule has 0 amide bonds. The summed E-state index contributed by atoms with van der Waals surface area (Å²) in [6, 6.07) is 6.21. The average molecular weight is 269 g/mol. The maximum atomic E-state index is 13.0. The number of aromatic amines is 1. The summed E-state index contributed by atoms with van der Waals surface area (Å²) in [5.41, 5.74) is 2.21. The summed E-state index contributed by atoms with van der Waals surface area (Å²) in [6.45, 7) is 0.687. The molecule has 0 radical (unpaired) electrons. The highest BCUT2D eigenvalue weighted by Crippen LogP contribution is 2.23. The number of carbonyl (C=O) groups excluding carboxylic acids is 1. The number of hydrogen-bond acceptors (Lipinski definition) is 3. The number of halogens is 2. The van der Waals surface area contributed by atoms with Crippen LogP contribution in [0.15, 0.2) is 24.3 Å². The molecule has 0 bridgehead atoms. The van der Waals surface area contributed by atoms with Gasteiger partial charge in [-0.15, -0.1) is 0 Å². The van der Waals surface area contributed by atoms with Gasteiger partial charge in [0.15, 0.2) is 0 Å². The Morgan fingerprint density at radius 2 is 2.28 bits per heavy atom. The second-order valence-corrected chi connectivity index (χ2v) is 4.03. The van der Waals surface area contributed by atoms with E-state index in [2.05, 4.69) is 14.9 Å². The van der Waals surface area contributed by atoms with Crippen molar-refractivity contribution in [1.82, 2.24) is 10.2 Å². The van der Waals surface area contributed by atoms with Gasteiger partial charge < -0.3 is 4.74 Å². The van der Waals surface area contributed by atoms with Crippen molar-refractivity contribution in [3.8, 4) is 11.3 Å². The number of H-pyrrole nitrogens is 1. The molecule has 1 N–H and O–H groups in total. The van der Waals surface area contributed by atoms with Crippen molar-refractivity contribution in [2.24, 2.45) is 0 Å². The van der Waals surface area contributed by atoms with Crippen LogP contribution in [0.2, 0.25) is 5.02 Å². The standard InChI is InChI=1S/C12H10ClFN2O2/c13-10-5-8(1-2-11(10)14)12-6-9(15-16-12)3-4-18-7-17/h1-2,5-7H,3-4H2,(H,15,16). The zero-order chi connectivity index (χ0) is 13.0. The predicted octanol–water partition coefficient (Wildman–Crippen LogP) is 2.58. The fourth-order valence-corrected chi connectivity index (χ4v) is 1.69. The minimum atomic E-state index is -0.462. The number of benzene rings is 1. The average Bonchev–Trinajstić information content (AvgIpc) is 2.82. The zero-order valence-electron chi connectivity index (χ0n) is 9.32. The van der Waals surface area contributed by atoms with Gasteiger partial charge in [-0.05, 0) is 24.3 Å². The molecule has 0 aliphatic carbocycles. The lowest BCUT2D eigenvalue weighted by Crippen LogP contribution is -1.96. The van der Waals surface area contributed by atoms with Crippen LogP contribution < -0.4 is 0 Å². The molecule has 0 fully saturated rings. The van der Waals surface area contributed by atoms with Crippen LogP contribution in [0.1, 0.15) is 5.69 Å². The van der Waals surface area contributed by atoms with Crippen LogP contribution in [0.5, 0.6) is 0 Å². The summed E-state index contributed by atoms with van der Waals surface area (Å²) < 4.78 is 17.6. The van der Waals surface area contributed by atoms with Gasteiger partial charge in [-0.25, -0.2) is 4.39 Å². The first-order valence-electron chi connectivity index (χ1n) is 5.25. The molecular weight excluding hydrogens is 259 g/mol. The Labute approximate surface area is 108 Å². The van der Waals surface area contributed by atoms with Crippen molar-refractivity contribution < 1.29 is 13.9 Å². The number of carbonyl (C=O) groups is 1. The van der Waals surface area contributed by atoms with Crippen molar-refractivity contribution >= 4 is 18.1 Å². The van der Waals surface area contributed by atoms with E-state index in [-0.39, 0.29) is 11.6 Å². The van der Waals surface area contributed by atoms with Gasteiger partial charge in [-0.2, -0.15) is 5.10 Å². The van der Waals surface area contributed by atoms with Crippen molar-refractivity contribution in [3.63, 3.8) is 0 Å². The van der Waals surface area contributed by atoms with E-state index < -0.39 is 5.82 Å². The first-order chi connectivity index (χ1) is 8.70. The highest BCUT2D eigenvalue weighted by molar-refractivity contribution is 6.31. The third kappa shape index (κ3) is 2.87. The quantitative estimate of drug-likeness (QED) is 0.670. The van der Waals surface area contributed by atoms with Crippen LogP contribution in [0, 0.1) is 5.82 Å². The van der Waals surface area contributed by atoms with E-state index in [1.54, 1.807) is 12.1 Å². The molecule has 2 rings (SSSR count). The van der Waals surface area contributed by atoms with E-state index in [1.165, 1.54) is 12.1 Å². The van der Waals surface area contributed by atoms with Crippen LogP contribution in [0.4, 0.5) is 4.39 Å². The lowest BCUT2D eigenvalue weighted by Gasteiger charge is -1.98. The van der Waals surface area contributed by atoms with Gasteiger partial charge in [-0.3, -0.25) is 9.89 Å². The number of aromatic nitrogens is 2. The van der Waals surface area contributed by atoms with Crippen molar-refractivity contribution in [2.45, 2.75) is 6.42 Å². The molecule has 1 heterocycles.